The molecule has 0 saturated heterocycles. The average Bonchev–Trinajstić information content (AvgIpc) is 3.21. The predicted molar refractivity (Wildman–Crippen MR) is 79.9 cm³/mol. The first-order chi connectivity index (χ1) is 9.76. The van der Waals surface area contributed by atoms with Crippen molar-refractivity contribution in [1.82, 2.24) is 4.72 Å². The highest BCUT2D eigenvalue weighted by Gasteiger charge is 2.32. The highest BCUT2D eigenvalue weighted by atomic mass is 32.2. The molecule has 7 nitrogen and oxygen atoms in total. The van der Waals surface area contributed by atoms with Crippen LogP contribution in [0.15, 0.2) is 17.0 Å². The summed E-state index contributed by atoms with van der Waals surface area (Å²) in [6, 6.07) is 2.44. The first-order valence-electron chi connectivity index (χ1n) is 6.75. The van der Waals surface area contributed by atoms with E-state index in [2.05, 4.69) is 10.0 Å². The molecule has 0 aromatic heterocycles. The lowest BCUT2D eigenvalue weighted by Gasteiger charge is -2.15. The minimum absolute atomic E-state index is 0.0410. The zero-order valence-corrected chi connectivity index (χ0v) is 13.0. The van der Waals surface area contributed by atoms with Gasteiger partial charge in [-0.05, 0) is 44.2 Å². The van der Waals surface area contributed by atoms with E-state index < -0.39 is 14.9 Å². The third-order valence-electron chi connectivity index (χ3n) is 3.72. The van der Waals surface area contributed by atoms with Gasteiger partial charge in [0.25, 0.3) is 5.69 Å². The number of nitrogens with zero attached hydrogens (tertiary/aromatic N) is 1. The van der Waals surface area contributed by atoms with E-state index in [1.807, 2.05) is 6.92 Å². The standard InChI is InChI=1S/C13H19N3O4S/c1-8-6-11(14-3)12(16(17)18)7-13(8)21(19,20)15-9(2)10-4-5-10/h6-7,9-10,14-15H,4-5H2,1-3H3. The maximum absolute atomic E-state index is 12.4. The SMILES string of the molecule is CNc1cc(C)c(S(=O)(=O)NC(C)C2CC2)cc1[N+](=O)[O-]. The van der Waals surface area contributed by atoms with Crippen LogP contribution in [0.2, 0.25) is 0 Å². The maximum atomic E-state index is 12.4. The molecule has 1 aliphatic carbocycles. The highest BCUT2D eigenvalue weighted by molar-refractivity contribution is 7.89. The van der Waals surface area contributed by atoms with Gasteiger partial charge in [-0.15, -0.1) is 0 Å². The van der Waals surface area contributed by atoms with E-state index in [1.54, 1.807) is 14.0 Å². The Morgan fingerprint density at radius 1 is 1.38 bits per heavy atom. The van der Waals surface area contributed by atoms with Crippen LogP contribution in [0.4, 0.5) is 11.4 Å². The van der Waals surface area contributed by atoms with Crippen molar-refractivity contribution in [3.05, 3.63) is 27.8 Å². The molecule has 2 N–H and O–H groups in total. The van der Waals surface area contributed by atoms with Crippen LogP contribution in [0.1, 0.15) is 25.3 Å². The van der Waals surface area contributed by atoms with Crippen molar-refractivity contribution in [3.8, 4) is 0 Å². The minimum Gasteiger partial charge on any atom is -0.383 e. The molecular weight excluding hydrogens is 294 g/mol. The topological polar surface area (TPSA) is 101 Å². The summed E-state index contributed by atoms with van der Waals surface area (Å²) in [5.74, 6) is 0.367. The van der Waals surface area contributed by atoms with E-state index in [1.165, 1.54) is 6.07 Å². The van der Waals surface area contributed by atoms with Crippen molar-refractivity contribution >= 4 is 21.4 Å². The van der Waals surface area contributed by atoms with Crippen molar-refractivity contribution < 1.29 is 13.3 Å². The molecule has 0 heterocycles. The van der Waals surface area contributed by atoms with E-state index in [-0.39, 0.29) is 16.6 Å². The van der Waals surface area contributed by atoms with Gasteiger partial charge in [-0.3, -0.25) is 10.1 Å². The molecular formula is C13H19N3O4S. The quantitative estimate of drug-likeness (QED) is 0.618. The number of sulfonamides is 1. The number of aryl methyl sites for hydroxylation is 1. The Kier molecular flexibility index (Phi) is 4.20. The van der Waals surface area contributed by atoms with Crippen LogP contribution >= 0.6 is 0 Å². The molecule has 1 aliphatic rings. The number of hydrogen-bond acceptors (Lipinski definition) is 5. The van der Waals surface area contributed by atoms with Gasteiger partial charge in [-0.1, -0.05) is 0 Å². The van der Waals surface area contributed by atoms with Crippen LogP contribution in [-0.4, -0.2) is 26.4 Å². The van der Waals surface area contributed by atoms with E-state index in [9.17, 15) is 18.5 Å². The van der Waals surface area contributed by atoms with Gasteiger partial charge in [0.15, 0.2) is 0 Å². The number of rotatable bonds is 6. The molecule has 1 saturated carbocycles. The number of nitro groups is 1. The van der Waals surface area contributed by atoms with E-state index in [0.29, 0.717) is 17.2 Å². The molecule has 0 spiro atoms. The Morgan fingerprint density at radius 2 is 2.00 bits per heavy atom. The van der Waals surface area contributed by atoms with Crippen molar-refractivity contribution in [2.45, 2.75) is 37.6 Å². The van der Waals surface area contributed by atoms with E-state index >= 15 is 0 Å². The molecule has 1 aromatic rings. The van der Waals surface area contributed by atoms with Gasteiger partial charge in [-0.2, -0.15) is 0 Å². The monoisotopic (exact) mass is 313 g/mol. The van der Waals surface area contributed by atoms with Crippen LogP contribution < -0.4 is 10.0 Å². The molecule has 1 fully saturated rings. The fraction of sp³-hybridized carbons (Fsp3) is 0.538. The van der Waals surface area contributed by atoms with Gasteiger partial charge in [0.1, 0.15) is 5.69 Å². The fourth-order valence-corrected chi connectivity index (χ4v) is 3.88. The van der Waals surface area contributed by atoms with Crippen molar-refractivity contribution in [3.63, 3.8) is 0 Å². The number of benzene rings is 1. The second-order valence-corrected chi connectivity index (χ2v) is 7.07. The third-order valence-corrected chi connectivity index (χ3v) is 5.42. The zero-order valence-electron chi connectivity index (χ0n) is 12.2. The largest absolute Gasteiger partial charge is 0.383 e. The van der Waals surface area contributed by atoms with Gasteiger partial charge in [0.2, 0.25) is 10.0 Å². The Morgan fingerprint density at radius 3 is 2.48 bits per heavy atom. The van der Waals surface area contributed by atoms with Gasteiger partial charge in [0.05, 0.1) is 9.82 Å². The molecule has 0 radical (unpaired) electrons. The molecule has 2 rings (SSSR count). The van der Waals surface area contributed by atoms with Gasteiger partial charge < -0.3 is 5.32 Å². The van der Waals surface area contributed by atoms with E-state index in [4.69, 9.17) is 0 Å². The summed E-state index contributed by atoms with van der Waals surface area (Å²) in [7, 11) is -2.20. The zero-order chi connectivity index (χ0) is 15.8. The molecule has 8 heteroatoms. The van der Waals surface area contributed by atoms with E-state index in [0.717, 1.165) is 18.9 Å². The molecule has 0 amide bonds. The summed E-state index contributed by atoms with van der Waals surface area (Å²) in [6.45, 7) is 3.45. The Bertz CT molecular complexity index is 668. The third kappa shape index (κ3) is 3.33. The molecule has 1 aromatic carbocycles. The number of nitrogens with one attached hydrogen (secondary N) is 2. The highest BCUT2D eigenvalue weighted by Crippen LogP contribution is 2.34. The van der Waals surface area contributed by atoms with Crippen LogP contribution in [-0.2, 0) is 10.0 Å². The van der Waals surface area contributed by atoms with Crippen molar-refractivity contribution in [1.29, 1.82) is 0 Å². The van der Waals surface area contributed by atoms with Crippen LogP contribution in [0.25, 0.3) is 0 Å². The average molecular weight is 313 g/mol. The lowest BCUT2D eigenvalue weighted by atomic mass is 10.2. The number of nitro benzene ring substituents is 1. The Hall–Kier alpha value is -1.67. The lowest BCUT2D eigenvalue weighted by Crippen LogP contribution is -2.34. The summed E-state index contributed by atoms with van der Waals surface area (Å²) in [5, 5.41) is 13.8. The summed E-state index contributed by atoms with van der Waals surface area (Å²) in [5.41, 5.74) is 0.523. The Labute approximate surface area is 123 Å². The molecule has 1 atom stereocenters. The predicted octanol–water partition coefficient (Wildman–Crippen LogP) is 2.02. The van der Waals surface area contributed by atoms with Crippen LogP contribution in [0.3, 0.4) is 0 Å². The molecule has 0 bridgehead atoms. The van der Waals surface area contributed by atoms with Gasteiger partial charge in [0, 0.05) is 19.2 Å². The van der Waals surface area contributed by atoms with Gasteiger partial charge in [-0.25, -0.2) is 13.1 Å². The molecule has 1 unspecified atom stereocenters. The molecule has 0 aliphatic heterocycles. The lowest BCUT2D eigenvalue weighted by molar-refractivity contribution is -0.384. The fourth-order valence-electron chi connectivity index (χ4n) is 2.32. The minimum atomic E-state index is -3.76. The van der Waals surface area contributed by atoms with Crippen molar-refractivity contribution in [2.24, 2.45) is 5.92 Å². The smallest absolute Gasteiger partial charge is 0.293 e. The first kappa shape index (κ1) is 15.7. The normalized spacial score (nSPS) is 16.5. The van der Waals surface area contributed by atoms with Gasteiger partial charge >= 0.3 is 0 Å². The second kappa shape index (κ2) is 5.61. The first-order valence-corrected chi connectivity index (χ1v) is 8.23. The van der Waals surface area contributed by atoms with Crippen LogP contribution in [0.5, 0.6) is 0 Å². The van der Waals surface area contributed by atoms with Crippen LogP contribution in [0, 0.1) is 23.0 Å². The number of anilines is 1. The summed E-state index contributed by atoms with van der Waals surface area (Å²) < 4.78 is 27.4. The number of hydrogen-bond donors (Lipinski definition) is 2. The molecule has 21 heavy (non-hydrogen) atoms. The Balaban J connectivity index is 2.42. The summed E-state index contributed by atoms with van der Waals surface area (Å²) in [6.07, 6.45) is 2.03. The van der Waals surface area contributed by atoms with Crippen molar-refractivity contribution in [2.75, 3.05) is 12.4 Å². The molecule has 116 valence electrons. The summed E-state index contributed by atoms with van der Waals surface area (Å²) >= 11 is 0. The second-order valence-electron chi connectivity index (χ2n) is 5.39. The maximum Gasteiger partial charge on any atom is 0.293 e. The summed E-state index contributed by atoms with van der Waals surface area (Å²) in [4.78, 5) is 10.4.